The Labute approximate surface area is 124 Å². The number of fused-ring (bicyclic) bond motifs is 1. The maximum Gasteiger partial charge on any atom is 0.120 e. The molecule has 3 heteroatoms. The Morgan fingerprint density at radius 2 is 1.86 bits per heavy atom. The van der Waals surface area contributed by atoms with Crippen LogP contribution in [0, 0.1) is 0 Å². The maximum atomic E-state index is 6.11. The Morgan fingerprint density at radius 3 is 2.62 bits per heavy atom. The van der Waals surface area contributed by atoms with E-state index >= 15 is 0 Å². The van der Waals surface area contributed by atoms with Gasteiger partial charge >= 0.3 is 0 Å². The highest BCUT2D eigenvalue weighted by Crippen LogP contribution is 2.26. The number of nitrogens with zero attached hydrogens (tertiary/aromatic N) is 1. The van der Waals surface area contributed by atoms with Gasteiger partial charge < -0.3 is 10.5 Å². The van der Waals surface area contributed by atoms with E-state index in [4.69, 9.17) is 10.5 Å². The fraction of sp³-hybridized carbons (Fsp3) is 0.167. The number of nitrogen functional groups attached to an aromatic ring is 1. The summed E-state index contributed by atoms with van der Waals surface area (Å²) in [6.07, 6.45) is 0.881. The van der Waals surface area contributed by atoms with Crippen LogP contribution in [0.3, 0.4) is 0 Å². The van der Waals surface area contributed by atoms with Crippen molar-refractivity contribution in [3.63, 3.8) is 0 Å². The van der Waals surface area contributed by atoms with Gasteiger partial charge in [-0.3, -0.25) is 4.98 Å². The van der Waals surface area contributed by atoms with E-state index in [0.717, 1.165) is 40.0 Å². The number of ether oxygens (including phenoxy) is 1. The Balaban J connectivity index is 1.85. The molecule has 1 heterocycles. The molecule has 2 aromatic carbocycles. The molecule has 3 aromatic rings. The number of pyridine rings is 1. The van der Waals surface area contributed by atoms with Gasteiger partial charge in [-0.2, -0.15) is 0 Å². The Bertz CT molecular complexity index is 754. The first kappa shape index (κ1) is 13.4. The molecule has 0 aliphatic rings. The molecule has 3 rings (SSSR count). The van der Waals surface area contributed by atoms with Gasteiger partial charge in [0, 0.05) is 16.8 Å². The smallest absolute Gasteiger partial charge is 0.120 e. The van der Waals surface area contributed by atoms with Crippen molar-refractivity contribution < 1.29 is 4.74 Å². The van der Waals surface area contributed by atoms with E-state index in [0.29, 0.717) is 6.61 Å². The van der Waals surface area contributed by atoms with Gasteiger partial charge in [0.05, 0.1) is 5.52 Å². The van der Waals surface area contributed by atoms with Crippen molar-refractivity contribution in [2.24, 2.45) is 0 Å². The minimum atomic E-state index is 0.548. The third kappa shape index (κ3) is 2.97. The molecule has 21 heavy (non-hydrogen) atoms. The highest BCUT2D eigenvalue weighted by Gasteiger charge is 2.05. The molecule has 0 saturated heterocycles. The summed E-state index contributed by atoms with van der Waals surface area (Å²) in [6.45, 7) is 2.62. The molecular weight excluding hydrogens is 260 g/mol. The lowest BCUT2D eigenvalue weighted by Gasteiger charge is -2.09. The minimum Gasteiger partial charge on any atom is -0.489 e. The first-order chi connectivity index (χ1) is 10.3. The van der Waals surface area contributed by atoms with Crippen LogP contribution in [0.1, 0.15) is 18.2 Å². The molecule has 0 fully saturated rings. The summed E-state index contributed by atoms with van der Waals surface area (Å²) in [7, 11) is 0. The Morgan fingerprint density at radius 1 is 1.05 bits per heavy atom. The van der Waals surface area contributed by atoms with E-state index in [1.165, 1.54) is 0 Å². The SMILES string of the molecule is CCc1cc(N)c2cc(OCc3ccccc3)ccc2n1. The van der Waals surface area contributed by atoms with Gasteiger partial charge in [0.2, 0.25) is 0 Å². The number of hydrogen-bond acceptors (Lipinski definition) is 3. The minimum absolute atomic E-state index is 0.548. The third-order valence-electron chi connectivity index (χ3n) is 3.48. The Hall–Kier alpha value is -2.55. The quantitative estimate of drug-likeness (QED) is 0.786. The number of nitrogens with two attached hydrogens (primary N) is 1. The van der Waals surface area contributed by atoms with Crippen molar-refractivity contribution >= 4 is 16.6 Å². The number of aromatic nitrogens is 1. The van der Waals surface area contributed by atoms with Crippen LogP contribution in [0.4, 0.5) is 5.69 Å². The molecule has 106 valence electrons. The van der Waals surface area contributed by atoms with E-state index in [9.17, 15) is 0 Å². The fourth-order valence-corrected chi connectivity index (χ4v) is 2.30. The summed E-state index contributed by atoms with van der Waals surface area (Å²) in [6, 6.07) is 17.9. The number of benzene rings is 2. The van der Waals surface area contributed by atoms with E-state index < -0.39 is 0 Å². The first-order valence-corrected chi connectivity index (χ1v) is 7.12. The van der Waals surface area contributed by atoms with Gasteiger partial charge in [-0.25, -0.2) is 0 Å². The first-order valence-electron chi connectivity index (χ1n) is 7.12. The van der Waals surface area contributed by atoms with Gasteiger partial charge in [-0.1, -0.05) is 37.3 Å². The van der Waals surface area contributed by atoms with Gasteiger partial charge in [-0.15, -0.1) is 0 Å². The standard InChI is InChI=1S/C18H18N2O/c1-2-14-10-17(19)16-11-15(8-9-18(16)20-14)21-12-13-6-4-3-5-7-13/h3-11H,2,12H2,1H3,(H2,19,20). The second kappa shape index (κ2) is 5.83. The molecule has 0 aliphatic heterocycles. The topological polar surface area (TPSA) is 48.1 Å². The zero-order chi connectivity index (χ0) is 14.7. The van der Waals surface area contributed by atoms with Crippen molar-refractivity contribution in [1.29, 1.82) is 0 Å². The number of rotatable bonds is 4. The van der Waals surface area contributed by atoms with Crippen LogP contribution >= 0.6 is 0 Å². The van der Waals surface area contributed by atoms with Crippen LogP contribution in [0.2, 0.25) is 0 Å². The van der Waals surface area contributed by atoms with Gasteiger partial charge in [0.15, 0.2) is 0 Å². The monoisotopic (exact) mass is 278 g/mol. The Kier molecular flexibility index (Phi) is 3.73. The maximum absolute atomic E-state index is 6.11. The highest BCUT2D eigenvalue weighted by molar-refractivity contribution is 5.91. The largest absolute Gasteiger partial charge is 0.489 e. The molecular formula is C18H18N2O. The van der Waals surface area contributed by atoms with E-state index in [2.05, 4.69) is 11.9 Å². The summed E-state index contributed by atoms with van der Waals surface area (Å²) in [5.41, 5.74) is 9.94. The molecule has 0 saturated carbocycles. The molecule has 0 radical (unpaired) electrons. The molecule has 3 nitrogen and oxygen atoms in total. The highest BCUT2D eigenvalue weighted by atomic mass is 16.5. The van der Waals surface area contributed by atoms with Crippen LogP contribution in [0.25, 0.3) is 10.9 Å². The average molecular weight is 278 g/mol. The summed E-state index contributed by atoms with van der Waals surface area (Å²) in [5.74, 6) is 0.809. The normalized spacial score (nSPS) is 10.7. The van der Waals surface area contributed by atoms with Gasteiger partial charge in [-0.05, 0) is 36.2 Å². The second-order valence-corrected chi connectivity index (χ2v) is 5.01. The zero-order valence-electron chi connectivity index (χ0n) is 12.0. The molecule has 0 aliphatic carbocycles. The van der Waals surface area contributed by atoms with Gasteiger partial charge in [0.1, 0.15) is 12.4 Å². The van der Waals surface area contributed by atoms with Crippen LogP contribution in [0.5, 0.6) is 5.75 Å². The summed E-state index contributed by atoms with van der Waals surface area (Å²) >= 11 is 0. The molecule has 1 aromatic heterocycles. The van der Waals surface area contributed by atoms with E-state index in [-0.39, 0.29) is 0 Å². The van der Waals surface area contributed by atoms with Crippen LogP contribution < -0.4 is 10.5 Å². The predicted molar refractivity (Wildman–Crippen MR) is 86.3 cm³/mol. The lowest BCUT2D eigenvalue weighted by atomic mass is 10.1. The summed E-state index contributed by atoms with van der Waals surface area (Å²) in [4.78, 5) is 4.58. The van der Waals surface area contributed by atoms with Crippen LogP contribution in [-0.2, 0) is 13.0 Å². The van der Waals surface area contributed by atoms with Crippen LogP contribution in [0.15, 0.2) is 54.6 Å². The average Bonchev–Trinajstić information content (AvgIpc) is 2.54. The summed E-state index contributed by atoms with van der Waals surface area (Å²) < 4.78 is 5.83. The molecule has 2 N–H and O–H groups in total. The predicted octanol–water partition coefficient (Wildman–Crippen LogP) is 3.96. The van der Waals surface area contributed by atoms with E-state index in [1.54, 1.807) is 0 Å². The molecule has 0 bridgehead atoms. The molecule has 0 atom stereocenters. The fourth-order valence-electron chi connectivity index (χ4n) is 2.30. The molecule has 0 unspecified atom stereocenters. The van der Waals surface area contributed by atoms with Crippen LogP contribution in [-0.4, -0.2) is 4.98 Å². The number of hydrogen-bond donors (Lipinski definition) is 1. The van der Waals surface area contributed by atoms with Crippen molar-refractivity contribution in [3.8, 4) is 5.75 Å². The lowest BCUT2D eigenvalue weighted by molar-refractivity contribution is 0.306. The van der Waals surface area contributed by atoms with Crippen molar-refractivity contribution in [3.05, 3.63) is 65.9 Å². The molecule has 0 amide bonds. The van der Waals surface area contributed by atoms with Crippen molar-refractivity contribution in [2.75, 3.05) is 5.73 Å². The van der Waals surface area contributed by atoms with Gasteiger partial charge in [0.25, 0.3) is 0 Å². The lowest BCUT2D eigenvalue weighted by Crippen LogP contribution is -1.97. The molecule has 0 spiro atoms. The summed E-state index contributed by atoms with van der Waals surface area (Å²) in [5, 5.41) is 0.942. The van der Waals surface area contributed by atoms with Crippen molar-refractivity contribution in [1.82, 2.24) is 4.98 Å². The number of aryl methyl sites for hydroxylation is 1. The zero-order valence-corrected chi connectivity index (χ0v) is 12.0. The second-order valence-electron chi connectivity index (χ2n) is 5.01. The van der Waals surface area contributed by atoms with Crippen molar-refractivity contribution in [2.45, 2.75) is 20.0 Å². The van der Waals surface area contributed by atoms with E-state index in [1.807, 2.05) is 54.6 Å². The third-order valence-corrected chi connectivity index (χ3v) is 3.48. The number of anilines is 1.